The summed E-state index contributed by atoms with van der Waals surface area (Å²) in [5.74, 6) is -0.601. The number of hydrogen-bond acceptors (Lipinski definition) is 7. The summed E-state index contributed by atoms with van der Waals surface area (Å²) in [6.45, 7) is 5.65. The van der Waals surface area contributed by atoms with Gasteiger partial charge in [-0.15, -0.1) is 6.58 Å². The highest BCUT2D eigenvalue weighted by molar-refractivity contribution is 5.95. The van der Waals surface area contributed by atoms with E-state index in [1.807, 2.05) is 4.90 Å². The highest BCUT2D eigenvalue weighted by Gasteiger charge is 2.31. The molecule has 0 saturated carbocycles. The van der Waals surface area contributed by atoms with Crippen LogP contribution in [-0.2, 0) is 9.47 Å². The molecule has 1 atom stereocenters. The van der Waals surface area contributed by atoms with Crippen LogP contribution in [-0.4, -0.2) is 50.9 Å². The van der Waals surface area contributed by atoms with E-state index in [2.05, 4.69) is 11.9 Å². The fourth-order valence-electron chi connectivity index (χ4n) is 2.95. The van der Waals surface area contributed by atoms with E-state index in [0.29, 0.717) is 37.5 Å². The maximum absolute atomic E-state index is 11.9. The molecule has 136 valence electrons. The predicted molar refractivity (Wildman–Crippen MR) is 95.4 cm³/mol. The molecule has 8 nitrogen and oxygen atoms in total. The van der Waals surface area contributed by atoms with Crippen LogP contribution in [0.3, 0.4) is 0 Å². The predicted octanol–water partition coefficient (Wildman–Crippen LogP) is 2.59. The molecule has 2 rings (SSSR count). The van der Waals surface area contributed by atoms with Crippen molar-refractivity contribution in [3.8, 4) is 0 Å². The number of methoxy groups -OCH3 is 2. The lowest BCUT2D eigenvalue weighted by atomic mass is 10.0. The number of fused-ring (bicyclic) bond motifs is 1. The minimum absolute atomic E-state index is 0.00946. The molecule has 1 aromatic rings. The minimum Gasteiger partial charge on any atom is -0.465 e. The van der Waals surface area contributed by atoms with E-state index in [4.69, 9.17) is 9.47 Å². The van der Waals surface area contributed by atoms with Crippen LogP contribution >= 0.6 is 0 Å². The fraction of sp³-hybridized carbons (Fsp3) is 0.471. The van der Waals surface area contributed by atoms with E-state index in [1.165, 1.54) is 13.2 Å². The van der Waals surface area contributed by atoms with Crippen molar-refractivity contribution >= 4 is 23.0 Å². The molecule has 0 aromatic heterocycles. The van der Waals surface area contributed by atoms with Gasteiger partial charge < -0.3 is 19.7 Å². The summed E-state index contributed by atoms with van der Waals surface area (Å²) in [4.78, 5) is 25.0. The van der Waals surface area contributed by atoms with Crippen molar-refractivity contribution in [1.29, 1.82) is 0 Å². The molecule has 1 heterocycles. The number of carbonyl (C=O) groups excluding carboxylic acids is 1. The number of esters is 1. The van der Waals surface area contributed by atoms with E-state index in [0.717, 1.165) is 6.42 Å². The lowest BCUT2D eigenvalue weighted by Crippen LogP contribution is -2.42. The molecular formula is C17H23N3O5. The standard InChI is InChI=1S/C17H23N3O5/c1-4-6-13-11-19(7-5-8-24-2)14-9-12(17(21)25-3)10-15(20(22)23)16(14)18-13/h4,9-10,13,18H,1,5-8,11H2,2-3H3/t13-/m0/s1. The van der Waals surface area contributed by atoms with Gasteiger partial charge in [-0.05, 0) is 18.9 Å². The van der Waals surface area contributed by atoms with Crippen LogP contribution in [0.25, 0.3) is 0 Å². The molecule has 25 heavy (non-hydrogen) atoms. The van der Waals surface area contributed by atoms with Gasteiger partial charge >= 0.3 is 5.97 Å². The summed E-state index contributed by atoms with van der Waals surface area (Å²) in [5, 5.41) is 14.7. The Kier molecular flexibility index (Phi) is 6.35. The van der Waals surface area contributed by atoms with Crippen molar-refractivity contribution < 1.29 is 19.2 Å². The number of anilines is 2. The third kappa shape index (κ3) is 4.27. The van der Waals surface area contributed by atoms with Gasteiger partial charge in [0.1, 0.15) is 5.69 Å². The van der Waals surface area contributed by atoms with Crippen molar-refractivity contribution in [2.45, 2.75) is 18.9 Å². The summed E-state index contributed by atoms with van der Waals surface area (Å²) in [6, 6.07) is 2.90. The molecular weight excluding hydrogens is 326 g/mol. The Morgan fingerprint density at radius 3 is 2.88 bits per heavy atom. The maximum atomic E-state index is 11.9. The maximum Gasteiger partial charge on any atom is 0.338 e. The molecule has 0 radical (unpaired) electrons. The number of nitro benzene ring substituents is 1. The van der Waals surface area contributed by atoms with E-state index in [9.17, 15) is 14.9 Å². The smallest absolute Gasteiger partial charge is 0.338 e. The molecule has 8 heteroatoms. The van der Waals surface area contributed by atoms with Gasteiger partial charge in [0.2, 0.25) is 0 Å². The van der Waals surface area contributed by atoms with Gasteiger partial charge in [0, 0.05) is 38.9 Å². The molecule has 1 aliphatic heterocycles. The van der Waals surface area contributed by atoms with Crippen LogP contribution in [0.4, 0.5) is 17.1 Å². The zero-order valence-corrected chi connectivity index (χ0v) is 14.5. The summed E-state index contributed by atoms with van der Waals surface area (Å²) in [7, 11) is 2.88. The number of benzene rings is 1. The van der Waals surface area contributed by atoms with Gasteiger partial charge in [-0.3, -0.25) is 10.1 Å². The van der Waals surface area contributed by atoms with Gasteiger partial charge in [-0.25, -0.2) is 4.79 Å². The van der Waals surface area contributed by atoms with Crippen LogP contribution in [0.15, 0.2) is 24.8 Å². The Morgan fingerprint density at radius 1 is 1.52 bits per heavy atom. The van der Waals surface area contributed by atoms with Crippen LogP contribution in [0.1, 0.15) is 23.2 Å². The Balaban J connectivity index is 2.48. The minimum atomic E-state index is -0.601. The van der Waals surface area contributed by atoms with Gasteiger partial charge in [0.05, 0.1) is 23.3 Å². The summed E-state index contributed by atoms with van der Waals surface area (Å²) in [5.41, 5.74) is 1.08. The number of ether oxygens (including phenoxy) is 2. The van der Waals surface area contributed by atoms with Gasteiger partial charge in [-0.2, -0.15) is 0 Å². The van der Waals surface area contributed by atoms with Crippen molar-refractivity contribution in [3.05, 3.63) is 40.5 Å². The number of nitrogens with zero attached hydrogens (tertiary/aromatic N) is 2. The molecule has 0 spiro atoms. The van der Waals surface area contributed by atoms with Crippen LogP contribution < -0.4 is 10.2 Å². The second-order valence-corrected chi connectivity index (χ2v) is 5.80. The average molecular weight is 349 g/mol. The lowest BCUT2D eigenvalue weighted by molar-refractivity contribution is -0.384. The van der Waals surface area contributed by atoms with Crippen molar-refractivity contribution in [1.82, 2.24) is 0 Å². The van der Waals surface area contributed by atoms with Crippen LogP contribution in [0.5, 0.6) is 0 Å². The second kappa shape index (κ2) is 8.48. The third-order valence-corrected chi connectivity index (χ3v) is 4.07. The summed E-state index contributed by atoms with van der Waals surface area (Å²) in [6.07, 6.45) is 3.23. The van der Waals surface area contributed by atoms with Gasteiger partial charge in [0.25, 0.3) is 5.69 Å². The Morgan fingerprint density at radius 2 is 2.28 bits per heavy atom. The molecule has 1 N–H and O–H groups in total. The first kappa shape index (κ1) is 18.7. The van der Waals surface area contributed by atoms with Crippen molar-refractivity contribution in [2.75, 3.05) is 44.1 Å². The summed E-state index contributed by atoms with van der Waals surface area (Å²) >= 11 is 0. The second-order valence-electron chi connectivity index (χ2n) is 5.80. The first-order valence-electron chi connectivity index (χ1n) is 8.03. The Hall–Kier alpha value is -2.61. The van der Waals surface area contributed by atoms with Gasteiger partial charge in [-0.1, -0.05) is 6.08 Å². The van der Waals surface area contributed by atoms with Crippen LogP contribution in [0, 0.1) is 10.1 Å². The zero-order valence-electron chi connectivity index (χ0n) is 14.5. The third-order valence-electron chi connectivity index (χ3n) is 4.07. The lowest BCUT2D eigenvalue weighted by Gasteiger charge is -2.37. The van der Waals surface area contributed by atoms with E-state index in [-0.39, 0.29) is 17.3 Å². The first-order chi connectivity index (χ1) is 12.0. The molecule has 0 bridgehead atoms. The van der Waals surface area contributed by atoms with E-state index < -0.39 is 10.9 Å². The molecule has 1 aliphatic rings. The van der Waals surface area contributed by atoms with Crippen molar-refractivity contribution in [3.63, 3.8) is 0 Å². The monoisotopic (exact) mass is 349 g/mol. The highest BCUT2D eigenvalue weighted by atomic mass is 16.6. The molecule has 0 aliphatic carbocycles. The highest BCUT2D eigenvalue weighted by Crippen LogP contribution is 2.40. The molecule has 0 amide bonds. The SMILES string of the molecule is C=CC[C@H]1CN(CCCOC)c2cc(C(=O)OC)cc([N+](=O)[O-])c2N1. The Labute approximate surface area is 146 Å². The normalized spacial score (nSPS) is 15.9. The van der Waals surface area contributed by atoms with E-state index in [1.54, 1.807) is 19.3 Å². The van der Waals surface area contributed by atoms with Crippen LogP contribution in [0.2, 0.25) is 0 Å². The topological polar surface area (TPSA) is 93.9 Å². The zero-order chi connectivity index (χ0) is 18.4. The number of nitrogens with one attached hydrogen (secondary N) is 1. The number of hydrogen-bond donors (Lipinski definition) is 1. The molecule has 0 fully saturated rings. The Bertz CT molecular complexity index is 662. The fourth-order valence-corrected chi connectivity index (χ4v) is 2.95. The number of carbonyl (C=O) groups is 1. The first-order valence-corrected chi connectivity index (χ1v) is 8.03. The van der Waals surface area contributed by atoms with Crippen molar-refractivity contribution in [2.24, 2.45) is 0 Å². The molecule has 1 aromatic carbocycles. The quantitative estimate of drug-likeness (QED) is 0.253. The largest absolute Gasteiger partial charge is 0.465 e. The molecule has 0 unspecified atom stereocenters. The number of rotatable bonds is 8. The molecule has 0 saturated heterocycles. The summed E-state index contributed by atoms with van der Waals surface area (Å²) < 4.78 is 9.82. The average Bonchev–Trinajstić information content (AvgIpc) is 2.60. The van der Waals surface area contributed by atoms with Gasteiger partial charge in [0.15, 0.2) is 0 Å². The van der Waals surface area contributed by atoms with E-state index >= 15 is 0 Å². The number of nitro groups is 1.